The predicted molar refractivity (Wildman–Crippen MR) is 90.4 cm³/mol. The molecule has 6 heteroatoms. The fourth-order valence-corrected chi connectivity index (χ4v) is 3.17. The van der Waals surface area contributed by atoms with Gasteiger partial charge in [-0.05, 0) is 31.4 Å². The maximum Gasteiger partial charge on any atom is 0.334 e. The van der Waals surface area contributed by atoms with E-state index in [1.54, 1.807) is 6.08 Å². The molecule has 0 saturated carbocycles. The first kappa shape index (κ1) is 19.0. The monoisotopic (exact) mass is 348 g/mol. The minimum atomic E-state index is -0.583. The van der Waals surface area contributed by atoms with Gasteiger partial charge in [-0.1, -0.05) is 18.2 Å². The van der Waals surface area contributed by atoms with Crippen LogP contribution in [0, 0.1) is 5.92 Å². The molecule has 0 amide bonds. The zero-order chi connectivity index (χ0) is 18.6. The fourth-order valence-electron chi connectivity index (χ4n) is 3.17. The molecule has 0 bridgehead atoms. The number of fused-ring (bicyclic) bond motifs is 1. The minimum absolute atomic E-state index is 0.147. The SMILES string of the molecule is C=C1C(=O)O[C@@H]2/C=C(/COC(C)=O)CC/C=C(\C)C[C@H](OC(C)=O)[C@@H]12. The molecule has 0 N–H and O–H groups in total. The first-order valence-corrected chi connectivity index (χ1v) is 8.33. The molecule has 2 aliphatic rings. The number of allylic oxidation sites excluding steroid dienone is 1. The minimum Gasteiger partial charge on any atom is -0.461 e. The van der Waals surface area contributed by atoms with Crippen LogP contribution < -0.4 is 0 Å². The number of ether oxygens (including phenoxy) is 3. The van der Waals surface area contributed by atoms with Crippen molar-refractivity contribution in [2.45, 2.75) is 52.2 Å². The molecule has 0 aromatic carbocycles. The number of esters is 3. The lowest BCUT2D eigenvalue weighted by Crippen LogP contribution is -2.33. The third-order valence-electron chi connectivity index (χ3n) is 4.32. The van der Waals surface area contributed by atoms with Crippen molar-refractivity contribution < 1.29 is 28.6 Å². The zero-order valence-electron chi connectivity index (χ0n) is 14.9. The highest BCUT2D eigenvalue weighted by molar-refractivity contribution is 5.91. The van der Waals surface area contributed by atoms with E-state index in [1.807, 2.05) is 6.92 Å². The molecule has 0 spiro atoms. The summed E-state index contributed by atoms with van der Waals surface area (Å²) in [7, 11) is 0. The first-order valence-electron chi connectivity index (χ1n) is 8.33. The third kappa shape index (κ3) is 5.05. The average Bonchev–Trinajstić information content (AvgIpc) is 2.77. The molecule has 0 aromatic heterocycles. The van der Waals surface area contributed by atoms with Crippen molar-refractivity contribution in [1.29, 1.82) is 0 Å². The fraction of sp³-hybridized carbons (Fsp3) is 0.526. The molecule has 2 rings (SSSR count). The molecular formula is C19H24O6. The largest absolute Gasteiger partial charge is 0.461 e. The van der Waals surface area contributed by atoms with E-state index in [0.29, 0.717) is 18.4 Å². The summed E-state index contributed by atoms with van der Waals surface area (Å²) in [5, 5.41) is 0. The molecule has 25 heavy (non-hydrogen) atoms. The summed E-state index contributed by atoms with van der Waals surface area (Å²) in [6.45, 7) is 8.63. The summed E-state index contributed by atoms with van der Waals surface area (Å²) < 4.78 is 16.0. The molecule has 6 nitrogen and oxygen atoms in total. The second kappa shape index (κ2) is 8.14. The number of rotatable bonds is 3. The van der Waals surface area contributed by atoms with Crippen molar-refractivity contribution >= 4 is 17.9 Å². The number of carbonyl (C=O) groups is 3. The summed E-state index contributed by atoms with van der Waals surface area (Å²) in [6.07, 6.45) is 4.73. The molecule has 0 unspecified atom stereocenters. The summed E-state index contributed by atoms with van der Waals surface area (Å²) in [5.74, 6) is -1.72. The zero-order valence-corrected chi connectivity index (χ0v) is 14.9. The Morgan fingerprint density at radius 2 is 2.04 bits per heavy atom. The van der Waals surface area contributed by atoms with Crippen molar-refractivity contribution in [2.24, 2.45) is 5.92 Å². The van der Waals surface area contributed by atoms with E-state index in [0.717, 1.165) is 17.6 Å². The number of hydrogen-bond donors (Lipinski definition) is 0. The first-order chi connectivity index (χ1) is 11.8. The summed E-state index contributed by atoms with van der Waals surface area (Å²) >= 11 is 0. The Kier molecular flexibility index (Phi) is 6.17. The molecular weight excluding hydrogens is 324 g/mol. The molecule has 1 fully saturated rings. The Labute approximate surface area is 147 Å². The number of hydrogen-bond acceptors (Lipinski definition) is 6. The highest BCUT2D eigenvalue weighted by Gasteiger charge is 2.44. The quantitative estimate of drug-likeness (QED) is 0.338. The van der Waals surface area contributed by atoms with Crippen LogP contribution in [0.3, 0.4) is 0 Å². The molecule has 136 valence electrons. The maximum absolute atomic E-state index is 12.0. The van der Waals surface area contributed by atoms with Gasteiger partial charge in [0.1, 0.15) is 18.8 Å². The normalized spacial score (nSPS) is 30.9. The van der Waals surface area contributed by atoms with E-state index in [4.69, 9.17) is 14.2 Å². The van der Waals surface area contributed by atoms with Gasteiger partial charge in [0.25, 0.3) is 0 Å². The predicted octanol–water partition coefficient (Wildman–Crippen LogP) is 2.64. The van der Waals surface area contributed by atoms with Crippen LogP contribution in [0.1, 0.15) is 40.0 Å². The van der Waals surface area contributed by atoms with E-state index >= 15 is 0 Å². The second-order valence-corrected chi connectivity index (χ2v) is 6.47. The van der Waals surface area contributed by atoms with Crippen LogP contribution in [-0.4, -0.2) is 36.7 Å². The summed E-state index contributed by atoms with van der Waals surface area (Å²) in [6, 6.07) is 0. The van der Waals surface area contributed by atoms with Gasteiger partial charge in [-0.3, -0.25) is 9.59 Å². The van der Waals surface area contributed by atoms with Crippen LogP contribution in [0.15, 0.2) is 35.5 Å². The van der Waals surface area contributed by atoms with Crippen molar-refractivity contribution in [1.82, 2.24) is 0 Å². The van der Waals surface area contributed by atoms with Gasteiger partial charge in [0.2, 0.25) is 0 Å². The molecule has 1 aliphatic carbocycles. The van der Waals surface area contributed by atoms with E-state index in [-0.39, 0.29) is 12.6 Å². The van der Waals surface area contributed by atoms with Crippen LogP contribution in [-0.2, 0) is 28.6 Å². The number of carbonyl (C=O) groups excluding carboxylic acids is 3. The highest BCUT2D eigenvalue weighted by atomic mass is 16.6. The Bertz CT molecular complexity index is 642. The van der Waals surface area contributed by atoms with Crippen LogP contribution >= 0.6 is 0 Å². The molecule has 1 saturated heterocycles. The van der Waals surface area contributed by atoms with Crippen molar-refractivity contribution in [2.75, 3.05) is 6.61 Å². The Morgan fingerprint density at radius 1 is 1.32 bits per heavy atom. The maximum atomic E-state index is 12.0. The molecule has 1 aliphatic heterocycles. The van der Waals surface area contributed by atoms with E-state index < -0.39 is 30.1 Å². The lowest BCUT2D eigenvalue weighted by molar-refractivity contribution is -0.149. The Morgan fingerprint density at radius 3 is 2.68 bits per heavy atom. The standard InChI is InChI=1S/C19H24O6/c1-11-6-5-7-15(10-23-13(3)20)9-17-18(12(2)19(22)25-17)16(8-11)24-14(4)21/h6,9,16-18H,2,5,7-8,10H2,1,3-4H3/b11-6+,15-9+/t16-,17+,18+/m0/s1. The van der Waals surface area contributed by atoms with Crippen molar-refractivity contribution in [3.63, 3.8) is 0 Å². The average molecular weight is 348 g/mol. The Hall–Kier alpha value is -2.37. The summed E-state index contributed by atoms with van der Waals surface area (Å²) in [5.41, 5.74) is 2.22. The van der Waals surface area contributed by atoms with E-state index in [2.05, 4.69) is 12.7 Å². The van der Waals surface area contributed by atoms with Crippen molar-refractivity contribution in [3.05, 3.63) is 35.5 Å². The van der Waals surface area contributed by atoms with Crippen LogP contribution in [0.2, 0.25) is 0 Å². The van der Waals surface area contributed by atoms with Gasteiger partial charge in [0.05, 0.1) is 5.92 Å². The van der Waals surface area contributed by atoms with Gasteiger partial charge in [-0.2, -0.15) is 0 Å². The van der Waals surface area contributed by atoms with E-state index in [1.165, 1.54) is 13.8 Å². The second-order valence-electron chi connectivity index (χ2n) is 6.47. The highest BCUT2D eigenvalue weighted by Crippen LogP contribution is 2.36. The smallest absolute Gasteiger partial charge is 0.334 e. The Balaban J connectivity index is 2.36. The van der Waals surface area contributed by atoms with E-state index in [9.17, 15) is 14.4 Å². The van der Waals surface area contributed by atoms with Crippen molar-refractivity contribution in [3.8, 4) is 0 Å². The molecule has 3 atom stereocenters. The van der Waals surface area contributed by atoms with Gasteiger partial charge < -0.3 is 14.2 Å². The van der Waals surface area contributed by atoms with Gasteiger partial charge in [-0.25, -0.2) is 4.79 Å². The summed E-state index contributed by atoms with van der Waals surface area (Å²) in [4.78, 5) is 34.7. The van der Waals surface area contributed by atoms with Crippen LogP contribution in [0.4, 0.5) is 0 Å². The van der Waals surface area contributed by atoms with Gasteiger partial charge >= 0.3 is 17.9 Å². The lowest BCUT2D eigenvalue weighted by atomic mass is 9.85. The van der Waals surface area contributed by atoms with Crippen LogP contribution in [0.25, 0.3) is 0 Å². The third-order valence-corrected chi connectivity index (χ3v) is 4.32. The van der Waals surface area contributed by atoms with Gasteiger partial charge in [-0.15, -0.1) is 0 Å². The lowest BCUT2D eigenvalue weighted by Gasteiger charge is -2.27. The van der Waals surface area contributed by atoms with Crippen LogP contribution in [0.5, 0.6) is 0 Å². The molecule has 0 radical (unpaired) electrons. The molecule has 0 aromatic rings. The van der Waals surface area contributed by atoms with Gasteiger partial charge in [0.15, 0.2) is 0 Å². The van der Waals surface area contributed by atoms with Gasteiger partial charge in [0, 0.05) is 25.8 Å². The topological polar surface area (TPSA) is 78.9 Å². The molecule has 1 heterocycles.